The highest BCUT2D eigenvalue weighted by Gasteiger charge is 2.20. The van der Waals surface area contributed by atoms with Gasteiger partial charge in [-0.15, -0.1) is 10.2 Å². The number of methoxy groups -OCH3 is 1. The van der Waals surface area contributed by atoms with E-state index in [4.69, 9.17) is 4.74 Å². The van der Waals surface area contributed by atoms with Crippen LogP contribution in [0.3, 0.4) is 0 Å². The molecule has 0 unspecified atom stereocenters. The van der Waals surface area contributed by atoms with Gasteiger partial charge in [0.1, 0.15) is 5.75 Å². The Hall–Kier alpha value is -2.80. The summed E-state index contributed by atoms with van der Waals surface area (Å²) in [6.07, 6.45) is 0. The van der Waals surface area contributed by atoms with E-state index in [-0.39, 0.29) is 11.2 Å². The van der Waals surface area contributed by atoms with Crippen LogP contribution in [0.1, 0.15) is 18.1 Å². The number of hydrogen-bond donors (Lipinski definition) is 1. The lowest BCUT2D eigenvalue weighted by Gasteiger charge is -2.13. The number of aromatic nitrogens is 3. The van der Waals surface area contributed by atoms with Gasteiger partial charge in [0.2, 0.25) is 5.91 Å². The first-order valence-corrected chi connectivity index (χ1v) is 9.91. The fraction of sp³-hybridized carbons (Fsp3) is 0.286. The van der Waals surface area contributed by atoms with Crippen LogP contribution in [0.5, 0.6) is 5.75 Å². The van der Waals surface area contributed by atoms with Crippen molar-refractivity contribution in [3.8, 4) is 17.1 Å². The number of ether oxygens (including phenoxy) is 1. The van der Waals surface area contributed by atoms with Crippen LogP contribution in [0.25, 0.3) is 11.4 Å². The number of rotatable bonds is 7. The molecule has 0 bridgehead atoms. The van der Waals surface area contributed by atoms with Crippen molar-refractivity contribution in [1.29, 1.82) is 0 Å². The Balaban J connectivity index is 1.65. The third-order valence-corrected chi connectivity index (χ3v) is 5.65. The predicted molar refractivity (Wildman–Crippen MR) is 111 cm³/mol. The molecule has 0 aliphatic heterocycles. The second kappa shape index (κ2) is 8.93. The highest BCUT2D eigenvalue weighted by Crippen LogP contribution is 2.27. The first-order chi connectivity index (χ1) is 13.5. The third kappa shape index (κ3) is 4.36. The van der Waals surface area contributed by atoms with Crippen molar-refractivity contribution in [2.45, 2.75) is 30.8 Å². The Morgan fingerprint density at radius 3 is 2.64 bits per heavy atom. The standard InChI is InChI=1S/C21H24N4O2S/c1-14-9-5-7-11-17(14)19-23-24-21(25(19)3)28-15(2)20(26)22-13-16-10-6-8-12-18(16)27-4/h5-12,15H,13H2,1-4H3,(H,22,26)/t15-/m1/s1. The van der Waals surface area contributed by atoms with E-state index in [0.29, 0.717) is 11.7 Å². The zero-order valence-electron chi connectivity index (χ0n) is 16.5. The van der Waals surface area contributed by atoms with Crippen LogP contribution < -0.4 is 10.1 Å². The highest BCUT2D eigenvalue weighted by molar-refractivity contribution is 8.00. The average Bonchev–Trinajstić information content (AvgIpc) is 3.06. The number of benzene rings is 2. The number of carbonyl (C=O) groups excluding carboxylic acids is 1. The molecule has 0 radical (unpaired) electrons. The predicted octanol–water partition coefficient (Wildman–Crippen LogP) is 3.60. The minimum absolute atomic E-state index is 0.0589. The van der Waals surface area contributed by atoms with Crippen molar-refractivity contribution < 1.29 is 9.53 Å². The summed E-state index contributed by atoms with van der Waals surface area (Å²) in [4.78, 5) is 12.5. The molecule has 1 aromatic heterocycles. The number of nitrogens with zero attached hydrogens (tertiary/aromatic N) is 3. The zero-order chi connectivity index (χ0) is 20.1. The number of para-hydroxylation sites is 1. The van der Waals surface area contributed by atoms with Gasteiger partial charge in [-0.3, -0.25) is 4.79 Å². The van der Waals surface area contributed by atoms with Gasteiger partial charge >= 0.3 is 0 Å². The summed E-state index contributed by atoms with van der Waals surface area (Å²) in [5, 5.41) is 12.0. The molecule has 0 spiro atoms. The van der Waals surface area contributed by atoms with Crippen LogP contribution in [0.15, 0.2) is 53.7 Å². The van der Waals surface area contributed by atoms with E-state index in [1.54, 1.807) is 7.11 Å². The molecule has 1 atom stereocenters. The average molecular weight is 397 g/mol. The molecule has 1 amide bonds. The van der Waals surface area contributed by atoms with Gasteiger partial charge in [-0.2, -0.15) is 0 Å². The molecule has 3 rings (SSSR count). The fourth-order valence-electron chi connectivity index (χ4n) is 2.86. The molecule has 7 heteroatoms. The summed E-state index contributed by atoms with van der Waals surface area (Å²) >= 11 is 1.39. The van der Waals surface area contributed by atoms with E-state index in [9.17, 15) is 4.79 Å². The maximum atomic E-state index is 12.5. The van der Waals surface area contributed by atoms with Crippen molar-refractivity contribution >= 4 is 17.7 Å². The summed E-state index contributed by atoms with van der Waals surface area (Å²) in [6.45, 7) is 4.33. The second-order valence-corrected chi connectivity index (χ2v) is 7.78. The highest BCUT2D eigenvalue weighted by atomic mass is 32.2. The van der Waals surface area contributed by atoms with Crippen LogP contribution in [0.2, 0.25) is 0 Å². The van der Waals surface area contributed by atoms with Gasteiger partial charge in [0, 0.05) is 24.7 Å². The van der Waals surface area contributed by atoms with Crippen molar-refractivity contribution in [3.05, 3.63) is 59.7 Å². The van der Waals surface area contributed by atoms with Crippen LogP contribution in [-0.4, -0.2) is 33.0 Å². The normalized spacial score (nSPS) is 11.9. The number of thioether (sulfide) groups is 1. The molecule has 0 fully saturated rings. The van der Waals surface area contributed by atoms with Crippen molar-refractivity contribution in [2.24, 2.45) is 7.05 Å². The van der Waals surface area contributed by atoms with Gasteiger partial charge in [0.15, 0.2) is 11.0 Å². The lowest BCUT2D eigenvalue weighted by atomic mass is 10.1. The first-order valence-electron chi connectivity index (χ1n) is 9.03. The number of aryl methyl sites for hydroxylation is 1. The Morgan fingerprint density at radius 1 is 1.18 bits per heavy atom. The van der Waals surface area contributed by atoms with E-state index in [1.807, 2.05) is 74.0 Å². The molecule has 6 nitrogen and oxygen atoms in total. The van der Waals surface area contributed by atoms with Gasteiger partial charge in [-0.1, -0.05) is 54.2 Å². The number of amides is 1. The minimum Gasteiger partial charge on any atom is -0.496 e. The maximum absolute atomic E-state index is 12.5. The molecule has 1 heterocycles. The number of hydrogen-bond acceptors (Lipinski definition) is 5. The molecule has 0 saturated carbocycles. The van der Waals surface area contributed by atoms with E-state index < -0.39 is 0 Å². The molecule has 0 aliphatic carbocycles. The summed E-state index contributed by atoms with van der Waals surface area (Å²) in [7, 11) is 3.54. The summed E-state index contributed by atoms with van der Waals surface area (Å²) in [6, 6.07) is 15.7. The second-order valence-electron chi connectivity index (χ2n) is 6.47. The third-order valence-electron chi connectivity index (χ3n) is 4.52. The van der Waals surface area contributed by atoms with E-state index in [1.165, 1.54) is 11.8 Å². The monoisotopic (exact) mass is 396 g/mol. The SMILES string of the molecule is COc1ccccc1CNC(=O)[C@@H](C)Sc1nnc(-c2ccccc2C)n1C. The summed E-state index contributed by atoms with van der Waals surface area (Å²) < 4.78 is 7.25. The Bertz CT molecular complexity index is 971. The van der Waals surface area contributed by atoms with Gasteiger partial charge in [-0.05, 0) is 25.5 Å². The van der Waals surface area contributed by atoms with Crippen molar-refractivity contribution in [3.63, 3.8) is 0 Å². The topological polar surface area (TPSA) is 69.0 Å². The Morgan fingerprint density at radius 2 is 1.89 bits per heavy atom. The van der Waals surface area contributed by atoms with E-state index in [0.717, 1.165) is 28.3 Å². The molecule has 0 aliphatic rings. The Kier molecular flexibility index (Phi) is 6.36. The molecule has 2 aromatic carbocycles. The molecule has 1 N–H and O–H groups in total. The van der Waals surface area contributed by atoms with E-state index in [2.05, 4.69) is 15.5 Å². The van der Waals surface area contributed by atoms with E-state index >= 15 is 0 Å². The van der Waals surface area contributed by atoms with Crippen molar-refractivity contribution in [1.82, 2.24) is 20.1 Å². The first kappa shape index (κ1) is 19.9. The molecular formula is C21H24N4O2S. The van der Waals surface area contributed by atoms with Gasteiger partial charge < -0.3 is 14.6 Å². The smallest absolute Gasteiger partial charge is 0.233 e. The van der Waals surface area contributed by atoms with Crippen LogP contribution in [-0.2, 0) is 18.4 Å². The molecule has 146 valence electrons. The molecule has 3 aromatic rings. The lowest BCUT2D eigenvalue weighted by Crippen LogP contribution is -2.30. The van der Waals surface area contributed by atoms with Gasteiger partial charge in [0.25, 0.3) is 0 Å². The van der Waals surface area contributed by atoms with Gasteiger partial charge in [-0.25, -0.2) is 0 Å². The number of carbonyl (C=O) groups is 1. The van der Waals surface area contributed by atoms with Crippen LogP contribution in [0, 0.1) is 6.92 Å². The maximum Gasteiger partial charge on any atom is 0.233 e. The Labute approximate surface area is 169 Å². The molecule has 0 saturated heterocycles. The zero-order valence-corrected chi connectivity index (χ0v) is 17.3. The summed E-state index contributed by atoms with van der Waals surface area (Å²) in [5.41, 5.74) is 3.12. The van der Waals surface area contributed by atoms with Crippen LogP contribution in [0.4, 0.5) is 0 Å². The summed E-state index contributed by atoms with van der Waals surface area (Å²) in [5.74, 6) is 1.50. The minimum atomic E-state index is -0.303. The van der Waals surface area contributed by atoms with Gasteiger partial charge in [0.05, 0.1) is 12.4 Å². The largest absolute Gasteiger partial charge is 0.496 e. The van der Waals surface area contributed by atoms with Crippen LogP contribution >= 0.6 is 11.8 Å². The van der Waals surface area contributed by atoms with Crippen molar-refractivity contribution in [2.75, 3.05) is 7.11 Å². The number of nitrogens with one attached hydrogen (secondary N) is 1. The quantitative estimate of drug-likeness (QED) is 0.618. The lowest BCUT2D eigenvalue weighted by molar-refractivity contribution is -0.120. The molecular weight excluding hydrogens is 372 g/mol. The molecule has 28 heavy (non-hydrogen) atoms. The fourth-order valence-corrected chi connectivity index (χ4v) is 3.70.